The highest BCUT2D eigenvalue weighted by Gasteiger charge is 2.26. The van der Waals surface area contributed by atoms with Crippen LogP contribution in [0.3, 0.4) is 0 Å². The summed E-state index contributed by atoms with van der Waals surface area (Å²) < 4.78 is 1.34. The molecule has 6 heteroatoms. The van der Waals surface area contributed by atoms with Gasteiger partial charge in [-0.05, 0) is 19.3 Å². The molecule has 1 aliphatic carbocycles. The van der Waals surface area contributed by atoms with E-state index < -0.39 is 11.2 Å². The molecule has 1 heterocycles. The van der Waals surface area contributed by atoms with Gasteiger partial charge in [0.2, 0.25) is 0 Å². The molecule has 0 bridgehead atoms. The Kier molecular flexibility index (Phi) is 2.36. The van der Waals surface area contributed by atoms with E-state index >= 15 is 0 Å². The van der Waals surface area contributed by atoms with E-state index in [1.54, 1.807) is 0 Å². The van der Waals surface area contributed by atoms with Crippen LogP contribution in [0.1, 0.15) is 25.3 Å². The smallest absolute Gasteiger partial charge is 0.330 e. The molecule has 4 N–H and O–H groups in total. The van der Waals surface area contributed by atoms with Crippen molar-refractivity contribution in [2.75, 3.05) is 5.73 Å². The second-order valence-corrected chi connectivity index (χ2v) is 3.85. The molecule has 0 aliphatic heterocycles. The Bertz CT molecular complexity index is 476. The summed E-state index contributed by atoms with van der Waals surface area (Å²) in [7, 11) is 0. The molecule has 0 saturated heterocycles. The van der Waals surface area contributed by atoms with Gasteiger partial charge < -0.3 is 10.8 Å². The Morgan fingerprint density at radius 2 is 2.20 bits per heavy atom. The van der Waals surface area contributed by atoms with Crippen molar-refractivity contribution >= 4 is 5.82 Å². The van der Waals surface area contributed by atoms with Crippen LogP contribution in [0.2, 0.25) is 0 Å². The van der Waals surface area contributed by atoms with Crippen molar-refractivity contribution in [1.29, 1.82) is 0 Å². The lowest BCUT2D eigenvalue weighted by molar-refractivity contribution is 0.178. The summed E-state index contributed by atoms with van der Waals surface area (Å²) in [6.07, 6.45) is 1.50. The van der Waals surface area contributed by atoms with E-state index in [4.69, 9.17) is 5.73 Å². The minimum atomic E-state index is -0.501. The van der Waals surface area contributed by atoms with Crippen LogP contribution in [0.25, 0.3) is 0 Å². The molecule has 1 aromatic rings. The number of aromatic amines is 1. The third-order valence-electron chi connectivity index (χ3n) is 2.75. The number of rotatable bonds is 1. The topological polar surface area (TPSA) is 101 Å². The van der Waals surface area contributed by atoms with Crippen LogP contribution >= 0.6 is 0 Å². The van der Waals surface area contributed by atoms with Crippen molar-refractivity contribution in [2.45, 2.75) is 31.4 Å². The SMILES string of the molecule is Nc1cc(=O)[nH]c(=O)n1C1CCC(O)C1. The highest BCUT2D eigenvalue weighted by atomic mass is 16.3. The predicted molar refractivity (Wildman–Crippen MR) is 54.6 cm³/mol. The van der Waals surface area contributed by atoms with E-state index in [9.17, 15) is 14.7 Å². The minimum Gasteiger partial charge on any atom is -0.393 e. The van der Waals surface area contributed by atoms with Gasteiger partial charge >= 0.3 is 5.69 Å². The number of hydrogen-bond donors (Lipinski definition) is 3. The van der Waals surface area contributed by atoms with E-state index in [0.29, 0.717) is 19.3 Å². The largest absolute Gasteiger partial charge is 0.393 e. The zero-order valence-electron chi connectivity index (χ0n) is 8.14. The Labute approximate surface area is 85.4 Å². The number of nitrogen functional groups attached to an aromatic ring is 1. The van der Waals surface area contributed by atoms with Gasteiger partial charge in [-0.1, -0.05) is 0 Å². The molecule has 15 heavy (non-hydrogen) atoms. The van der Waals surface area contributed by atoms with Crippen LogP contribution in [0, 0.1) is 0 Å². The lowest BCUT2D eigenvalue weighted by Gasteiger charge is -2.15. The van der Waals surface area contributed by atoms with Gasteiger partial charge in [0.05, 0.1) is 6.10 Å². The Morgan fingerprint density at radius 3 is 2.73 bits per heavy atom. The van der Waals surface area contributed by atoms with E-state index in [1.807, 2.05) is 0 Å². The van der Waals surface area contributed by atoms with Crippen LogP contribution in [0.5, 0.6) is 0 Å². The van der Waals surface area contributed by atoms with Crippen molar-refractivity contribution < 1.29 is 5.11 Å². The summed E-state index contributed by atoms with van der Waals surface area (Å²) in [5, 5.41) is 9.37. The van der Waals surface area contributed by atoms with Crippen LogP contribution in [0.15, 0.2) is 15.7 Å². The van der Waals surface area contributed by atoms with Gasteiger partial charge in [0.1, 0.15) is 5.82 Å². The number of H-pyrrole nitrogens is 1. The Morgan fingerprint density at radius 1 is 1.47 bits per heavy atom. The van der Waals surface area contributed by atoms with Gasteiger partial charge in [-0.2, -0.15) is 0 Å². The number of aliphatic hydroxyl groups is 1. The monoisotopic (exact) mass is 211 g/mol. The first-order valence-electron chi connectivity index (χ1n) is 4.87. The van der Waals surface area contributed by atoms with Crippen LogP contribution in [0.4, 0.5) is 5.82 Å². The van der Waals surface area contributed by atoms with Crippen molar-refractivity contribution in [1.82, 2.24) is 9.55 Å². The quantitative estimate of drug-likeness (QED) is 0.566. The molecule has 1 aliphatic rings. The summed E-state index contributed by atoms with van der Waals surface area (Å²) in [4.78, 5) is 24.6. The molecule has 0 spiro atoms. The first-order valence-corrected chi connectivity index (χ1v) is 4.87. The summed E-state index contributed by atoms with van der Waals surface area (Å²) in [6, 6.07) is 1.08. The molecule has 1 saturated carbocycles. The summed E-state index contributed by atoms with van der Waals surface area (Å²) in [5.74, 6) is 0.155. The summed E-state index contributed by atoms with van der Waals surface area (Å²) in [5.41, 5.74) is 4.61. The number of anilines is 1. The molecule has 2 atom stereocenters. The second-order valence-electron chi connectivity index (χ2n) is 3.85. The van der Waals surface area contributed by atoms with Crippen LogP contribution in [-0.2, 0) is 0 Å². The fourth-order valence-electron chi connectivity index (χ4n) is 2.07. The maximum Gasteiger partial charge on any atom is 0.330 e. The number of nitrogens with one attached hydrogen (secondary N) is 1. The molecular weight excluding hydrogens is 198 g/mol. The summed E-state index contributed by atoms with van der Waals surface area (Å²) >= 11 is 0. The fourth-order valence-corrected chi connectivity index (χ4v) is 2.07. The number of hydrogen-bond acceptors (Lipinski definition) is 4. The van der Waals surface area contributed by atoms with Crippen molar-refractivity contribution in [3.63, 3.8) is 0 Å². The number of nitrogens with zero attached hydrogens (tertiary/aromatic N) is 1. The van der Waals surface area contributed by atoms with E-state index in [0.717, 1.165) is 0 Å². The van der Waals surface area contributed by atoms with E-state index in [2.05, 4.69) is 4.98 Å². The Balaban J connectivity index is 2.44. The lowest BCUT2D eigenvalue weighted by Crippen LogP contribution is -2.33. The third-order valence-corrected chi connectivity index (χ3v) is 2.75. The second kappa shape index (κ2) is 3.54. The molecule has 1 fully saturated rings. The van der Waals surface area contributed by atoms with E-state index in [1.165, 1.54) is 10.6 Å². The Hall–Kier alpha value is -1.56. The normalized spacial score (nSPS) is 25.7. The molecule has 0 aromatic carbocycles. The van der Waals surface area contributed by atoms with Gasteiger partial charge in [0, 0.05) is 12.1 Å². The standard InChI is InChI=1S/C9H13N3O3/c10-7-4-8(14)11-9(15)12(7)5-1-2-6(13)3-5/h4-6,13H,1-3,10H2,(H,11,14,15). The molecule has 82 valence electrons. The van der Waals surface area contributed by atoms with Crippen LogP contribution < -0.4 is 17.0 Å². The highest BCUT2D eigenvalue weighted by molar-refractivity contribution is 5.27. The van der Waals surface area contributed by atoms with Crippen LogP contribution in [-0.4, -0.2) is 20.8 Å². The lowest BCUT2D eigenvalue weighted by atomic mass is 10.2. The molecule has 0 radical (unpaired) electrons. The molecule has 0 amide bonds. The predicted octanol–water partition coefficient (Wildman–Crippen LogP) is -0.795. The first kappa shape index (κ1) is 9.97. The van der Waals surface area contributed by atoms with Crippen molar-refractivity contribution in [3.05, 3.63) is 26.9 Å². The molecule has 1 aromatic heterocycles. The maximum absolute atomic E-state index is 11.5. The van der Waals surface area contributed by atoms with Crippen molar-refractivity contribution in [3.8, 4) is 0 Å². The maximum atomic E-state index is 11.5. The number of nitrogens with two attached hydrogens (primary N) is 1. The van der Waals surface area contributed by atoms with Gasteiger partial charge in [-0.15, -0.1) is 0 Å². The van der Waals surface area contributed by atoms with Gasteiger partial charge in [0.25, 0.3) is 5.56 Å². The molecular formula is C9H13N3O3. The average molecular weight is 211 g/mol. The van der Waals surface area contributed by atoms with Gasteiger partial charge in [0.15, 0.2) is 0 Å². The number of aromatic nitrogens is 2. The summed E-state index contributed by atoms with van der Waals surface area (Å²) in [6.45, 7) is 0. The minimum absolute atomic E-state index is 0.107. The molecule has 2 unspecified atom stereocenters. The van der Waals surface area contributed by atoms with Gasteiger partial charge in [-0.3, -0.25) is 14.3 Å². The van der Waals surface area contributed by atoms with Crippen molar-refractivity contribution in [2.24, 2.45) is 0 Å². The first-order chi connectivity index (χ1) is 7.08. The fraction of sp³-hybridized carbons (Fsp3) is 0.556. The molecule has 6 nitrogen and oxygen atoms in total. The van der Waals surface area contributed by atoms with Gasteiger partial charge in [-0.25, -0.2) is 4.79 Å². The molecule has 2 rings (SSSR count). The average Bonchev–Trinajstić information content (AvgIpc) is 2.49. The number of aliphatic hydroxyl groups excluding tert-OH is 1. The zero-order chi connectivity index (χ0) is 11.0. The third kappa shape index (κ3) is 1.80. The zero-order valence-corrected chi connectivity index (χ0v) is 8.14. The highest BCUT2D eigenvalue weighted by Crippen LogP contribution is 2.29. The van der Waals surface area contributed by atoms with E-state index in [-0.39, 0.29) is 18.0 Å².